The molecule has 3 aromatic rings. The van der Waals surface area contributed by atoms with E-state index in [-0.39, 0.29) is 6.54 Å². The van der Waals surface area contributed by atoms with Gasteiger partial charge in [-0.15, -0.1) is 0 Å². The van der Waals surface area contributed by atoms with E-state index in [0.29, 0.717) is 17.3 Å². The Kier molecular flexibility index (Phi) is 5.97. The first-order chi connectivity index (χ1) is 13.8. The normalized spacial score (nSPS) is 11.0. The standard InChI is InChI=1S/C22H23N3O4/c1-22(2,3)29-21(27)24-14-20(26)25-19-13-18(10-11-23-19)28-17-9-8-15-6-4-5-7-16(15)12-17/h4-13H,14H2,1-3H3,(H,24,27)(H,23,25,26). The number of nitrogens with zero attached hydrogens (tertiary/aromatic N) is 1. The first-order valence-electron chi connectivity index (χ1n) is 9.18. The summed E-state index contributed by atoms with van der Waals surface area (Å²) in [7, 11) is 0. The topological polar surface area (TPSA) is 89.5 Å². The Hall–Kier alpha value is -3.61. The van der Waals surface area contributed by atoms with Gasteiger partial charge in [-0.1, -0.05) is 30.3 Å². The van der Waals surface area contributed by atoms with Gasteiger partial charge in [-0.3, -0.25) is 4.79 Å². The van der Waals surface area contributed by atoms with E-state index in [0.717, 1.165) is 10.8 Å². The minimum absolute atomic E-state index is 0.230. The van der Waals surface area contributed by atoms with Crippen LogP contribution in [0, 0.1) is 0 Å². The summed E-state index contributed by atoms with van der Waals surface area (Å²) in [5.41, 5.74) is -0.628. The van der Waals surface area contributed by atoms with Crippen molar-refractivity contribution in [1.82, 2.24) is 10.3 Å². The summed E-state index contributed by atoms with van der Waals surface area (Å²) in [4.78, 5) is 27.8. The van der Waals surface area contributed by atoms with Gasteiger partial charge in [0.1, 0.15) is 29.5 Å². The van der Waals surface area contributed by atoms with Crippen LogP contribution in [0.1, 0.15) is 20.8 Å². The number of rotatable bonds is 5. The van der Waals surface area contributed by atoms with Crippen LogP contribution in [-0.4, -0.2) is 29.1 Å². The largest absolute Gasteiger partial charge is 0.457 e. The number of ether oxygens (including phenoxy) is 2. The summed E-state index contributed by atoms with van der Waals surface area (Å²) >= 11 is 0. The van der Waals surface area contributed by atoms with Gasteiger partial charge in [0.2, 0.25) is 5.91 Å². The molecule has 150 valence electrons. The van der Waals surface area contributed by atoms with Crippen molar-refractivity contribution in [3.8, 4) is 11.5 Å². The molecule has 0 saturated heterocycles. The van der Waals surface area contributed by atoms with Crippen LogP contribution in [0.5, 0.6) is 11.5 Å². The maximum Gasteiger partial charge on any atom is 0.408 e. The van der Waals surface area contributed by atoms with Crippen LogP contribution in [0.15, 0.2) is 60.8 Å². The fourth-order valence-corrected chi connectivity index (χ4v) is 2.56. The van der Waals surface area contributed by atoms with Crippen LogP contribution in [-0.2, 0) is 9.53 Å². The molecule has 0 spiro atoms. The molecule has 29 heavy (non-hydrogen) atoms. The minimum atomic E-state index is -0.658. The first-order valence-corrected chi connectivity index (χ1v) is 9.18. The lowest BCUT2D eigenvalue weighted by atomic mass is 10.1. The molecule has 0 aliphatic heterocycles. The van der Waals surface area contributed by atoms with E-state index >= 15 is 0 Å². The highest BCUT2D eigenvalue weighted by atomic mass is 16.6. The van der Waals surface area contributed by atoms with E-state index in [2.05, 4.69) is 15.6 Å². The van der Waals surface area contributed by atoms with Crippen molar-refractivity contribution in [1.29, 1.82) is 0 Å². The molecule has 3 rings (SSSR count). The van der Waals surface area contributed by atoms with E-state index in [1.165, 1.54) is 6.20 Å². The van der Waals surface area contributed by atoms with E-state index in [9.17, 15) is 9.59 Å². The zero-order chi connectivity index (χ0) is 20.9. The lowest BCUT2D eigenvalue weighted by Crippen LogP contribution is -2.37. The van der Waals surface area contributed by atoms with Gasteiger partial charge in [-0.25, -0.2) is 9.78 Å². The number of carbonyl (C=O) groups excluding carboxylic acids is 2. The SMILES string of the molecule is CC(C)(C)OC(=O)NCC(=O)Nc1cc(Oc2ccc3ccccc3c2)ccn1. The lowest BCUT2D eigenvalue weighted by Gasteiger charge is -2.19. The molecule has 2 aromatic carbocycles. The zero-order valence-corrected chi connectivity index (χ0v) is 16.6. The number of pyridine rings is 1. The van der Waals surface area contributed by atoms with Crippen molar-refractivity contribution < 1.29 is 19.1 Å². The number of hydrogen-bond donors (Lipinski definition) is 2. The fourth-order valence-electron chi connectivity index (χ4n) is 2.56. The molecule has 1 heterocycles. The number of anilines is 1. The van der Waals surface area contributed by atoms with Crippen LogP contribution < -0.4 is 15.4 Å². The molecule has 0 aliphatic rings. The summed E-state index contributed by atoms with van der Waals surface area (Å²) in [5, 5.41) is 7.21. The molecule has 2 N–H and O–H groups in total. The smallest absolute Gasteiger partial charge is 0.408 e. The number of aromatic nitrogens is 1. The summed E-state index contributed by atoms with van der Waals surface area (Å²) in [5.74, 6) is 1.11. The van der Waals surface area contributed by atoms with Gasteiger partial charge in [-0.05, 0) is 49.7 Å². The number of nitrogens with one attached hydrogen (secondary N) is 2. The third-order valence-electron chi connectivity index (χ3n) is 3.75. The molecule has 0 fully saturated rings. The molecular formula is C22H23N3O4. The van der Waals surface area contributed by atoms with Gasteiger partial charge in [0.05, 0.1) is 0 Å². The van der Waals surface area contributed by atoms with Gasteiger partial charge >= 0.3 is 6.09 Å². The number of alkyl carbamates (subject to hydrolysis) is 1. The number of benzene rings is 2. The molecule has 0 saturated carbocycles. The van der Waals surface area contributed by atoms with Crippen molar-refractivity contribution in [2.75, 3.05) is 11.9 Å². The van der Waals surface area contributed by atoms with E-state index in [4.69, 9.17) is 9.47 Å². The second-order valence-corrected chi connectivity index (χ2v) is 7.39. The van der Waals surface area contributed by atoms with E-state index in [1.54, 1.807) is 32.9 Å². The maximum absolute atomic E-state index is 12.0. The third-order valence-corrected chi connectivity index (χ3v) is 3.75. The molecule has 1 aromatic heterocycles. The summed E-state index contributed by atoms with van der Waals surface area (Å²) < 4.78 is 11.0. The number of fused-ring (bicyclic) bond motifs is 1. The molecule has 0 atom stereocenters. The van der Waals surface area contributed by atoms with Crippen LogP contribution in [0.3, 0.4) is 0 Å². The molecule has 7 heteroatoms. The quantitative estimate of drug-likeness (QED) is 0.667. The Labute approximate surface area is 169 Å². The van der Waals surface area contributed by atoms with Crippen molar-refractivity contribution in [3.05, 3.63) is 60.8 Å². The van der Waals surface area contributed by atoms with Crippen molar-refractivity contribution >= 4 is 28.6 Å². The highest BCUT2D eigenvalue weighted by molar-refractivity contribution is 5.93. The summed E-state index contributed by atoms with van der Waals surface area (Å²) in [6.07, 6.45) is 0.877. The van der Waals surface area contributed by atoms with Gasteiger partial charge in [-0.2, -0.15) is 0 Å². The average Bonchev–Trinajstić information content (AvgIpc) is 2.65. The molecule has 0 aliphatic carbocycles. The highest BCUT2D eigenvalue weighted by Crippen LogP contribution is 2.26. The Morgan fingerprint density at radius 2 is 1.69 bits per heavy atom. The van der Waals surface area contributed by atoms with Crippen LogP contribution >= 0.6 is 0 Å². The molecule has 7 nitrogen and oxygen atoms in total. The molecule has 0 bridgehead atoms. The predicted molar refractivity (Wildman–Crippen MR) is 111 cm³/mol. The predicted octanol–water partition coefficient (Wildman–Crippen LogP) is 4.49. The molecule has 2 amide bonds. The Morgan fingerprint density at radius 1 is 0.966 bits per heavy atom. The van der Waals surface area contributed by atoms with Crippen LogP contribution in [0.25, 0.3) is 10.8 Å². The average molecular weight is 393 g/mol. The van der Waals surface area contributed by atoms with Crippen molar-refractivity contribution in [3.63, 3.8) is 0 Å². The molecule has 0 radical (unpaired) electrons. The zero-order valence-electron chi connectivity index (χ0n) is 16.6. The second kappa shape index (κ2) is 8.60. The molecule has 0 unspecified atom stereocenters. The monoisotopic (exact) mass is 393 g/mol. The van der Waals surface area contributed by atoms with Gasteiger partial charge < -0.3 is 20.1 Å². The van der Waals surface area contributed by atoms with Crippen molar-refractivity contribution in [2.24, 2.45) is 0 Å². The van der Waals surface area contributed by atoms with E-state index in [1.807, 2.05) is 42.5 Å². The number of carbonyl (C=O) groups is 2. The lowest BCUT2D eigenvalue weighted by molar-refractivity contribution is -0.115. The van der Waals surface area contributed by atoms with Gasteiger partial charge in [0.15, 0.2) is 0 Å². The first kappa shape index (κ1) is 20.1. The van der Waals surface area contributed by atoms with Crippen LogP contribution in [0.4, 0.5) is 10.6 Å². The Morgan fingerprint density at radius 3 is 2.45 bits per heavy atom. The minimum Gasteiger partial charge on any atom is -0.457 e. The van der Waals surface area contributed by atoms with Gasteiger partial charge in [0.25, 0.3) is 0 Å². The number of amides is 2. The Bertz CT molecular complexity index is 1030. The van der Waals surface area contributed by atoms with Gasteiger partial charge in [0, 0.05) is 12.3 Å². The second-order valence-electron chi connectivity index (χ2n) is 7.39. The van der Waals surface area contributed by atoms with Crippen molar-refractivity contribution in [2.45, 2.75) is 26.4 Å². The maximum atomic E-state index is 12.0. The Balaban J connectivity index is 1.58. The van der Waals surface area contributed by atoms with E-state index < -0.39 is 17.6 Å². The highest BCUT2D eigenvalue weighted by Gasteiger charge is 2.16. The summed E-state index contributed by atoms with van der Waals surface area (Å²) in [6.45, 7) is 5.01. The van der Waals surface area contributed by atoms with Crippen LogP contribution in [0.2, 0.25) is 0 Å². The third kappa shape index (κ3) is 6.21. The number of hydrogen-bond acceptors (Lipinski definition) is 5. The fraction of sp³-hybridized carbons (Fsp3) is 0.227. The summed E-state index contributed by atoms with van der Waals surface area (Å²) in [6, 6.07) is 17.1. The molecular weight excluding hydrogens is 370 g/mol.